The Morgan fingerprint density at radius 1 is 1.75 bits per heavy atom. The van der Waals surface area contributed by atoms with Gasteiger partial charge in [-0.2, -0.15) is 0 Å². The molecule has 0 bridgehead atoms. The van der Waals surface area contributed by atoms with Gasteiger partial charge >= 0.3 is 59.2 Å². The molecule has 8 heavy (non-hydrogen) atoms. The molecule has 0 amide bonds. The van der Waals surface area contributed by atoms with Crippen molar-refractivity contribution in [1.29, 1.82) is 0 Å². The molecule has 0 aliphatic carbocycles. The monoisotopic (exact) mass is 276 g/mol. The van der Waals surface area contributed by atoms with Crippen LogP contribution in [-0.2, 0) is 25.8 Å². The van der Waals surface area contributed by atoms with Crippen LogP contribution in [0.2, 0.25) is 0 Å². The van der Waals surface area contributed by atoms with Crippen molar-refractivity contribution >= 4 is 4.40 Å². The van der Waals surface area contributed by atoms with Crippen molar-refractivity contribution in [2.24, 2.45) is 0 Å². The average molecular weight is 276 g/mol. The fourth-order valence-electron chi connectivity index (χ4n) is 0.542. The zero-order chi connectivity index (χ0) is 5.82. The van der Waals surface area contributed by atoms with Crippen molar-refractivity contribution in [3.8, 4) is 0 Å². The summed E-state index contributed by atoms with van der Waals surface area (Å²) in [6.07, 6.45) is 2.86. The quantitative estimate of drug-likeness (QED) is 0.768. The van der Waals surface area contributed by atoms with Gasteiger partial charge in [-0.15, -0.1) is 0 Å². The van der Waals surface area contributed by atoms with Crippen molar-refractivity contribution < 1.29 is 19.4 Å². The second kappa shape index (κ2) is 2.98. The molecule has 1 heterocycles. The average Bonchev–Trinajstić information content (AvgIpc) is 2.19. The van der Waals surface area contributed by atoms with Gasteiger partial charge in [0.05, 0.1) is 0 Å². The third kappa shape index (κ3) is 1.41. The summed E-state index contributed by atoms with van der Waals surface area (Å²) in [7, 11) is 0. The van der Waals surface area contributed by atoms with E-state index in [1.165, 1.54) is 25.0 Å². The van der Waals surface area contributed by atoms with E-state index < -0.39 is 0 Å². The van der Waals surface area contributed by atoms with E-state index in [1.807, 2.05) is 18.3 Å². The summed E-state index contributed by atoms with van der Waals surface area (Å²) in [6, 6.07) is 4.01. The predicted molar refractivity (Wildman–Crippen MR) is 29.5 cm³/mol. The maximum absolute atomic E-state index is 4.09. The van der Waals surface area contributed by atoms with Crippen LogP contribution in [0.15, 0.2) is 18.3 Å². The van der Waals surface area contributed by atoms with E-state index in [0.29, 0.717) is 0 Å². The summed E-state index contributed by atoms with van der Waals surface area (Å²) < 4.78 is 2.18. The molecular formula is C6H6NW-. The molecule has 0 aromatic carbocycles. The van der Waals surface area contributed by atoms with E-state index in [-0.39, 0.29) is 0 Å². The Kier molecular flexibility index (Phi) is 2.23. The zero-order valence-electron chi connectivity index (χ0n) is 4.37. The molecule has 1 aromatic rings. The van der Waals surface area contributed by atoms with E-state index >= 15 is 0 Å². The van der Waals surface area contributed by atoms with Gasteiger partial charge in [-0.3, -0.25) is 0 Å². The van der Waals surface area contributed by atoms with E-state index in [2.05, 4.69) is 9.38 Å². The van der Waals surface area contributed by atoms with Crippen LogP contribution in [0, 0.1) is 0 Å². The van der Waals surface area contributed by atoms with Gasteiger partial charge in [-0.05, 0) is 0 Å². The molecule has 0 aliphatic rings. The Balaban J connectivity index is 2.62. The van der Waals surface area contributed by atoms with Crippen LogP contribution in [-0.4, -0.2) is 4.40 Å². The summed E-state index contributed by atoms with van der Waals surface area (Å²) in [5.41, 5.74) is 1.18. The first kappa shape index (κ1) is 5.97. The van der Waals surface area contributed by atoms with Gasteiger partial charge in [0.15, 0.2) is 0 Å². The number of rotatable bonds is 2. The molecule has 0 N–H and O–H groups in total. The van der Waals surface area contributed by atoms with Crippen LogP contribution in [0.5, 0.6) is 0 Å². The summed E-state index contributed by atoms with van der Waals surface area (Å²) in [4.78, 5) is 4.09. The Hall–Kier alpha value is -0.162. The van der Waals surface area contributed by atoms with Gasteiger partial charge in [-0.1, -0.05) is 0 Å². The minimum absolute atomic E-state index is 1.03. The Morgan fingerprint density at radius 3 is 3.12 bits per heavy atom. The van der Waals surface area contributed by atoms with Gasteiger partial charge in [0.2, 0.25) is 0 Å². The van der Waals surface area contributed by atoms with Crippen LogP contribution in [0.25, 0.3) is 0 Å². The molecule has 0 saturated carbocycles. The third-order valence-corrected chi connectivity index (χ3v) is 1.51. The van der Waals surface area contributed by atoms with Crippen molar-refractivity contribution in [2.75, 3.05) is 0 Å². The fourth-order valence-corrected chi connectivity index (χ4v) is 1.16. The fraction of sp³-hybridized carbons (Fsp3) is 0.167. The molecule has 0 spiro atoms. The summed E-state index contributed by atoms with van der Waals surface area (Å²) in [6.45, 7) is 0. The number of nitrogens with zero attached hydrogens (tertiary/aromatic N) is 1. The van der Waals surface area contributed by atoms with Crippen LogP contribution in [0.1, 0.15) is 5.69 Å². The number of hydrogen-bond donors (Lipinski definition) is 0. The normalized spacial score (nSPS) is 9.00. The van der Waals surface area contributed by atoms with Crippen LogP contribution in [0.4, 0.5) is 0 Å². The van der Waals surface area contributed by atoms with E-state index in [1.54, 1.807) is 0 Å². The zero-order valence-corrected chi connectivity index (χ0v) is 7.31. The van der Waals surface area contributed by atoms with Crippen molar-refractivity contribution in [3.63, 3.8) is 0 Å². The van der Waals surface area contributed by atoms with Gasteiger partial charge in [0.1, 0.15) is 0 Å². The van der Waals surface area contributed by atoms with E-state index in [9.17, 15) is 0 Å². The molecule has 1 nitrogen and oxygen atoms in total. The van der Waals surface area contributed by atoms with Gasteiger partial charge in [0.25, 0.3) is 0 Å². The predicted octanol–water partition coefficient (Wildman–Crippen LogP) is 0.535. The molecule has 0 atom stereocenters. The van der Waals surface area contributed by atoms with Gasteiger partial charge in [0, 0.05) is 0 Å². The summed E-state index contributed by atoms with van der Waals surface area (Å²) in [5.74, 6) is 0. The van der Waals surface area contributed by atoms with Gasteiger partial charge in [-0.25, -0.2) is 0 Å². The minimum atomic E-state index is 1.03. The molecule has 0 unspecified atom stereocenters. The molecule has 0 saturated heterocycles. The number of aromatic nitrogens is 1. The molecule has 2 heteroatoms. The first-order valence-corrected chi connectivity index (χ1v) is 4.13. The van der Waals surface area contributed by atoms with Gasteiger partial charge < -0.3 is 0 Å². The Bertz CT molecular complexity index is 155. The van der Waals surface area contributed by atoms with Crippen molar-refractivity contribution in [3.05, 3.63) is 24.0 Å². The standard InChI is InChI=1S/C6H6N.W/c1-2-6-4-3-5-7-6;/h1,3-5H,2H2;/q-1;. The molecular weight excluding hydrogens is 270 g/mol. The summed E-state index contributed by atoms with van der Waals surface area (Å²) in [5, 5.41) is 0. The van der Waals surface area contributed by atoms with Crippen LogP contribution in [0.3, 0.4) is 0 Å². The van der Waals surface area contributed by atoms with E-state index in [4.69, 9.17) is 0 Å². The molecule has 1 rings (SSSR count). The summed E-state index contributed by atoms with van der Waals surface area (Å²) >= 11 is 1.52. The molecule has 0 aliphatic heterocycles. The SMILES string of the molecule is [W]=[CH]Cc1ccc[n-]1. The molecule has 1 aromatic heterocycles. The number of hydrogen-bond acceptors (Lipinski definition) is 0. The topological polar surface area (TPSA) is 14.1 Å². The van der Waals surface area contributed by atoms with Crippen molar-refractivity contribution in [2.45, 2.75) is 6.42 Å². The Morgan fingerprint density at radius 2 is 2.62 bits per heavy atom. The molecule has 0 radical (unpaired) electrons. The second-order valence-corrected chi connectivity index (χ2v) is 2.70. The maximum atomic E-state index is 4.09. The van der Waals surface area contributed by atoms with Crippen LogP contribution >= 0.6 is 0 Å². The molecule has 0 fully saturated rings. The van der Waals surface area contributed by atoms with Crippen LogP contribution < -0.4 is 4.98 Å². The third-order valence-electron chi connectivity index (χ3n) is 0.908. The molecule has 42 valence electrons. The first-order valence-electron chi connectivity index (χ1n) is 2.43. The second-order valence-electron chi connectivity index (χ2n) is 1.50. The van der Waals surface area contributed by atoms with E-state index in [0.717, 1.165) is 6.42 Å². The van der Waals surface area contributed by atoms with Crippen molar-refractivity contribution in [1.82, 2.24) is 4.98 Å². The first-order chi connectivity index (χ1) is 3.93. The Labute approximate surface area is 59.5 Å².